The fourth-order valence-electron chi connectivity index (χ4n) is 3.00. The summed E-state index contributed by atoms with van der Waals surface area (Å²) in [7, 11) is -3.75. The van der Waals surface area contributed by atoms with Crippen molar-refractivity contribution in [2.75, 3.05) is 5.75 Å². The van der Waals surface area contributed by atoms with Crippen LogP contribution < -0.4 is 5.14 Å². The van der Waals surface area contributed by atoms with Crippen LogP contribution in [-0.4, -0.2) is 29.6 Å². The SMILES string of the molecule is Cc1cc(C(=O)CSc2ccc(O)cc2)c(C)n1-c1ccc(S(N)(=O)=O)cc1. The molecule has 8 heteroatoms. The third kappa shape index (κ3) is 4.30. The lowest BCUT2D eigenvalue weighted by atomic mass is 10.2. The Morgan fingerprint density at radius 2 is 1.68 bits per heavy atom. The van der Waals surface area contributed by atoms with E-state index in [9.17, 15) is 18.3 Å². The summed E-state index contributed by atoms with van der Waals surface area (Å²) >= 11 is 1.41. The molecule has 0 saturated carbocycles. The van der Waals surface area contributed by atoms with Crippen LogP contribution >= 0.6 is 11.8 Å². The van der Waals surface area contributed by atoms with E-state index in [1.54, 1.807) is 36.4 Å². The molecule has 3 N–H and O–H groups in total. The number of phenolic OH excluding ortho intramolecular Hbond substituents is 1. The van der Waals surface area contributed by atoms with Crippen molar-refractivity contribution in [2.45, 2.75) is 23.6 Å². The number of ketones is 1. The molecule has 3 rings (SSSR count). The first-order valence-corrected chi connectivity index (χ1v) is 11.0. The van der Waals surface area contributed by atoms with Gasteiger partial charge in [-0.3, -0.25) is 4.79 Å². The van der Waals surface area contributed by atoms with Crippen molar-refractivity contribution >= 4 is 27.6 Å². The Balaban J connectivity index is 1.83. The number of thioether (sulfide) groups is 1. The van der Waals surface area contributed by atoms with Gasteiger partial charge in [0.1, 0.15) is 5.75 Å². The molecule has 0 fully saturated rings. The van der Waals surface area contributed by atoms with Gasteiger partial charge >= 0.3 is 0 Å². The monoisotopic (exact) mass is 416 g/mol. The second-order valence-corrected chi connectivity index (χ2v) is 8.98. The van der Waals surface area contributed by atoms with Crippen molar-refractivity contribution in [1.29, 1.82) is 0 Å². The van der Waals surface area contributed by atoms with Gasteiger partial charge in [-0.2, -0.15) is 0 Å². The number of hydrogen-bond acceptors (Lipinski definition) is 5. The van der Waals surface area contributed by atoms with Gasteiger partial charge in [0.25, 0.3) is 0 Å². The van der Waals surface area contributed by atoms with Crippen LogP contribution in [0.5, 0.6) is 5.75 Å². The summed E-state index contributed by atoms with van der Waals surface area (Å²) in [5.41, 5.74) is 3.04. The van der Waals surface area contributed by atoms with E-state index in [1.807, 2.05) is 24.5 Å². The van der Waals surface area contributed by atoms with Gasteiger partial charge in [0.2, 0.25) is 10.0 Å². The van der Waals surface area contributed by atoms with Gasteiger partial charge in [-0.1, -0.05) is 0 Å². The summed E-state index contributed by atoms with van der Waals surface area (Å²) in [4.78, 5) is 13.7. The van der Waals surface area contributed by atoms with Crippen molar-refractivity contribution in [3.8, 4) is 11.4 Å². The van der Waals surface area contributed by atoms with Crippen LogP contribution in [0.3, 0.4) is 0 Å². The Labute approximate surface area is 168 Å². The molecule has 0 spiro atoms. The molecular weight excluding hydrogens is 396 g/mol. The number of aryl methyl sites for hydroxylation is 1. The maximum atomic E-state index is 12.7. The first-order chi connectivity index (χ1) is 13.2. The van der Waals surface area contributed by atoms with E-state index < -0.39 is 10.0 Å². The van der Waals surface area contributed by atoms with Crippen molar-refractivity contribution < 1.29 is 18.3 Å². The zero-order valence-electron chi connectivity index (χ0n) is 15.4. The summed E-state index contributed by atoms with van der Waals surface area (Å²) in [6.07, 6.45) is 0. The molecule has 0 saturated heterocycles. The molecule has 6 nitrogen and oxygen atoms in total. The van der Waals surface area contributed by atoms with Gasteiger partial charge in [-0.05, 0) is 68.4 Å². The number of hydrogen-bond donors (Lipinski definition) is 2. The topological polar surface area (TPSA) is 102 Å². The van der Waals surface area contributed by atoms with Crippen LogP contribution in [0.2, 0.25) is 0 Å². The quantitative estimate of drug-likeness (QED) is 0.473. The molecule has 0 unspecified atom stereocenters. The van der Waals surface area contributed by atoms with E-state index >= 15 is 0 Å². The number of nitrogens with zero attached hydrogens (tertiary/aromatic N) is 1. The Morgan fingerprint density at radius 3 is 2.25 bits per heavy atom. The summed E-state index contributed by atoms with van der Waals surface area (Å²) < 4.78 is 24.8. The lowest BCUT2D eigenvalue weighted by Crippen LogP contribution is -2.12. The first-order valence-electron chi connectivity index (χ1n) is 8.44. The highest BCUT2D eigenvalue weighted by Crippen LogP contribution is 2.26. The Morgan fingerprint density at radius 1 is 1.07 bits per heavy atom. The second-order valence-electron chi connectivity index (χ2n) is 6.36. The third-order valence-electron chi connectivity index (χ3n) is 4.36. The molecule has 3 aromatic rings. The molecule has 2 aromatic carbocycles. The lowest BCUT2D eigenvalue weighted by molar-refractivity contribution is 0.102. The molecular formula is C20H20N2O4S2. The van der Waals surface area contributed by atoms with Crippen LogP contribution in [-0.2, 0) is 10.0 Å². The fourth-order valence-corrected chi connectivity index (χ4v) is 4.29. The minimum absolute atomic E-state index is 0.00131. The molecule has 0 aliphatic carbocycles. The number of benzene rings is 2. The molecule has 0 radical (unpaired) electrons. The molecule has 0 atom stereocenters. The highest BCUT2D eigenvalue weighted by atomic mass is 32.2. The fraction of sp³-hybridized carbons (Fsp3) is 0.150. The summed E-state index contributed by atoms with van der Waals surface area (Å²) in [5, 5.41) is 14.5. The number of carbonyl (C=O) groups is 1. The highest BCUT2D eigenvalue weighted by molar-refractivity contribution is 8.00. The number of rotatable bonds is 6. The zero-order chi connectivity index (χ0) is 20.5. The lowest BCUT2D eigenvalue weighted by Gasteiger charge is -2.10. The number of nitrogens with two attached hydrogens (primary N) is 1. The number of aromatic nitrogens is 1. The van der Waals surface area contributed by atoms with Crippen LogP contribution in [0.25, 0.3) is 5.69 Å². The summed E-state index contributed by atoms with van der Waals surface area (Å²) in [5.74, 6) is 0.464. The van der Waals surface area contributed by atoms with E-state index in [2.05, 4.69) is 0 Å². The largest absolute Gasteiger partial charge is 0.508 e. The van der Waals surface area contributed by atoms with Crippen molar-refractivity contribution in [3.05, 3.63) is 71.5 Å². The van der Waals surface area contributed by atoms with Gasteiger partial charge < -0.3 is 9.67 Å². The van der Waals surface area contributed by atoms with E-state index in [1.165, 1.54) is 23.9 Å². The normalized spacial score (nSPS) is 11.5. The standard InChI is InChI=1S/C20H20N2O4S2/c1-13-11-19(20(24)12-27-17-7-5-16(23)6-8-17)14(2)22(13)15-3-9-18(10-4-15)28(21,25)26/h3-11,23H,12H2,1-2H3,(H2,21,25,26). The van der Waals surface area contributed by atoms with Gasteiger partial charge in [0.15, 0.2) is 5.78 Å². The van der Waals surface area contributed by atoms with E-state index in [-0.39, 0.29) is 22.2 Å². The van der Waals surface area contributed by atoms with Crippen molar-refractivity contribution in [1.82, 2.24) is 4.57 Å². The maximum absolute atomic E-state index is 12.7. The predicted molar refractivity (Wildman–Crippen MR) is 110 cm³/mol. The van der Waals surface area contributed by atoms with E-state index in [4.69, 9.17) is 5.14 Å². The molecule has 1 aromatic heterocycles. The highest BCUT2D eigenvalue weighted by Gasteiger charge is 2.17. The molecule has 0 amide bonds. The predicted octanol–water partition coefficient (Wildman–Crippen LogP) is 3.42. The zero-order valence-corrected chi connectivity index (χ0v) is 17.0. The number of aromatic hydroxyl groups is 1. The average molecular weight is 417 g/mol. The van der Waals surface area contributed by atoms with Crippen molar-refractivity contribution in [3.63, 3.8) is 0 Å². The molecule has 0 bridgehead atoms. The number of Topliss-reactive ketones (excluding diaryl/α,β-unsaturated/α-hetero) is 1. The van der Waals surface area contributed by atoms with E-state index in [0.29, 0.717) is 5.56 Å². The van der Waals surface area contributed by atoms with Gasteiger partial charge in [0.05, 0.1) is 10.6 Å². The second kappa shape index (κ2) is 7.83. The summed E-state index contributed by atoms with van der Waals surface area (Å²) in [6, 6.07) is 14.8. The number of phenols is 1. The Hall–Kier alpha value is -2.55. The smallest absolute Gasteiger partial charge is 0.238 e. The van der Waals surface area contributed by atoms with Crippen LogP contribution in [0.15, 0.2) is 64.4 Å². The Bertz CT molecular complexity index is 1120. The molecule has 28 heavy (non-hydrogen) atoms. The number of primary sulfonamides is 1. The Kier molecular flexibility index (Phi) is 5.64. The maximum Gasteiger partial charge on any atom is 0.238 e. The van der Waals surface area contributed by atoms with Gasteiger partial charge in [0, 0.05) is 27.5 Å². The third-order valence-corrected chi connectivity index (χ3v) is 6.30. The average Bonchev–Trinajstić information content (AvgIpc) is 2.95. The minimum atomic E-state index is -3.75. The molecule has 146 valence electrons. The van der Waals surface area contributed by atoms with Crippen LogP contribution in [0, 0.1) is 13.8 Å². The number of carbonyl (C=O) groups excluding carboxylic acids is 1. The van der Waals surface area contributed by atoms with Crippen LogP contribution in [0.1, 0.15) is 21.7 Å². The van der Waals surface area contributed by atoms with E-state index in [0.717, 1.165) is 22.0 Å². The van der Waals surface area contributed by atoms with Gasteiger partial charge in [-0.25, -0.2) is 13.6 Å². The van der Waals surface area contributed by atoms with Crippen molar-refractivity contribution in [2.24, 2.45) is 5.14 Å². The molecule has 0 aliphatic heterocycles. The molecule has 1 heterocycles. The number of sulfonamides is 1. The van der Waals surface area contributed by atoms with Gasteiger partial charge in [-0.15, -0.1) is 11.8 Å². The first kappa shape index (κ1) is 20.2. The minimum Gasteiger partial charge on any atom is -0.508 e. The van der Waals surface area contributed by atoms with Crippen LogP contribution in [0.4, 0.5) is 0 Å². The summed E-state index contributed by atoms with van der Waals surface area (Å²) in [6.45, 7) is 3.75. The molecule has 0 aliphatic rings.